The van der Waals surface area contributed by atoms with E-state index in [4.69, 9.17) is 4.74 Å². The van der Waals surface area contributed by atoms with Gasteiger partial charge in [0, 0.05) is 6.20 Å². The standard InChI is InChI=1S/C13H16N2O2/c1-8-5-13(6-9(2)17-8)10-3-4-14-7-11(10)15-12(13)16/h3-4,7-9H,5-6H2,1-2H3,(H,15,16). The van der Waals surface area contributed by atoms with Crippen LogP contribution in [0, 0.1) is 0 Å². The van der Waals surface area contributed by atoms with E-state index in [0.29, 0.717) is 0 Å². The molecule has 0 bridgehead atoms. The fraction of sp³-hybridized carbons (Fsp3) is 0.538. The van der Waals surface area contributed by atoms with Gasteiger partial charge >= 0.3 is 0 Å². The third-order valence-electron chi connectivity index (χ3n) is 3.76. The topological polar surface area (TPSA) is 51.2 Å². The van der Waals surface area contributed by atoms with Crippen molar-refractivity contribution in [2.45, 2.75) is 44.3 Å². The Morgan fingerprint density at radius 1 is 1.41 bits per heavy atom. The molecule has 2 unspecified atom stereocenters. The van der Waals surface area contributed by atoms with E-state index in [1.807, 2.05) is 19.9 Å². The van der Waals surface area contributed by atoms with E-state index >= 15 is 0 Å². The van der Waals surface area contributed by atoms with Gasteiger partial charge in [-0.3, -0.25) is 9.78 Å². The van der Waals surface area contributed by atoms with Crippen molar-refractivity contribution in [3.8, 4) is 0 Å². The lowest BCUT2D eigenvalue weighted by atomic mass is 9.72. The maximum Gasteiger partial charge on any atom is 0.235 e. The molecule has 1 N–H and O–H groups in total. The number of carbonyl (C=O) groups is 1. The molecular formula is C13H16N2O2. The molecule has 2 atom stereocenters. The van der Waals surface area contributed by atoms with Crippen molar-refractivity contribution >= 4 is 11.6 Å². The van der Waals surface area contributed by atoms with Gasteiger partial charge in [-0.2, -0.15) is 0 Å². The monoisotopic (exact) mass is 232 g/mol. The van der Waals surface area contributed by atoms with Gasteiger partial charge in [0.15, 0.2) is 0 Å². The van der Waals surface area contributed by atoms with E-state index in [-0.39, 0.29) is 18.1 Å². The zero-order chi connectivity index (χ0) is 12.0. The zero-order valence-electron chi connectivity index (χ0n) is 10.1. The number of pyridine rings is 1. The Bertz CT molecular complexity index is 462. The van der Waals surface area contributed by atoms with Crippen molar-refractivity contribution in [2.24, 2.45) is 0 Å². The summed E-state index contributed by atoms with van der Waals surface area (Å²) < 4.78 is 5.74. The van der Waals surface area contributed by atoms with Gasteiger partial charge in [0.2, 0.25) is 5.91 Å². The molecule has 4 nitrogen and oxygen atoms in total. The number of amides is 1. The van der Waals surface area contributed by atoms with Crippen LogP contribution < -0.4 is 5.32 Å². The SMILES string of the molecule is CC1CC2(CC(C)O1)C(=O)Nc1cnccc12. The average molecular weight is 232 g/mol. The third kappa shape index (κ3) is 1.47. The second kappa shape index (κ2) is 3.53. The molecule has 3 heterocycles. The molecule has 1 amide bonds. The van der Waals surface area contributed by atoms with Crippen molar-refractivity contribution in [1.82, 2.24) is 4.98 Å². The molecule has 3 rings (SSSR count). The zero-order valence-corrected chi connectivity index (χ0v) is 10.1. The number of aromatic nitrogens is 1. The van der Waals surface area contributed by atoms with Crippen LogP contribution in [-0.4, -0.2) is 23.1 Å². The van der Waals surface area contributed by atoms with Crippen LogP contribution in [-0.2, 0) is 14.9 Å². The summed E-state index contributed by atoms with van der Waals surface area (Å²) >= 11 is 0. The lowest BCUT2D eigenvalue weighted by molar-refractivity contribution is -0.130. The molecule has 4 heteroatoms. The minimum atomic E-state index is -0.407. The Labute approximate surface area is 100 Å². The van der Waals surface area contributed by atoms with E-state index in [2.05, 4.69) is 10.3 Å². The Balaban J connectivity index is 2.09. The summed E-state index contributed by atoms with van der Waals surface area (Å²) in [5, 5.41) is 2.94. The Hall–Kier alpha value is -1.42. The highest BCUT2D eigenvalue weighted by Crippen LogP contribution is 2.46. The summed E-state index contributed by atoms with van der Waals surface area (Å²) in [7, 11) is 0. The van der Waals surface area contributed by atoms with Gasteiger partial charge in [-0.05, 0) is 38.3 Å². The fourth-order valence-electron chi connectivity index (χ4n) is 3.24. The van der Waals surface area contributed by atoms with Gasteiger partial charge in [-0.1, -0.05) is 0 Å². The van der Waals surface area contributed by atoms with Crippen molar-refractivity contribution in [2.75, 3.05) is 5.32 Å². The Morgan fingerprint density at radius 3 is 2.82 bits per heavy atom. The number of nitrogens with zero attached hydrogens (tertiary/aromatic N) is 1. The first-order chi connectivity index (χ1) is 8.12. The van der Waals surface area contributed by atoms with Crippen LogP contribution in [0.5, 0.6) is 0 Å². The highest BCUT2D eigenvalue weighted by atomic mass is 16.5. The van der Waals surface area contributed by atoms with Gasteiger partial charge in [-0.25, -0.2) is 0 Å². The third-order valence-corrected chi connectivity index (χ3v) is 3.76. The normalized spacial score (nSPS) is 35.8. The van der Waals surface area contributed by atoms with Gasteiger partial charge < -0.3 is 10.1 Å². The number of fused-ring (bicyclic) bond motifs is 2. The molecule has 17 heavy (non-hydrogen) atoms. The molecule has 0 aromatic carbocycles. The molecule has 0 saturated carbocycles. The molecule has 1 spiro atoms. The number of hydrogen-bond acceptors (Lipinski definition) is 3. The summed E-state index contributed by atoms with van der Waals surface area (Å²) in [6.45, 7) is 4.06. The van der Waals surface area contributed by atoms with E-state index in [1.54, 1.807) is 12.4 Å². The molecule has 2 aliphatic heterocycles. The first-order valence-corrected chi connectivity index (χ1v) is 6.03. The van der Waals surface area contributed by atoms with E-state index < -0.39 is 5.41 Å². The summed E-state index contributed by atoms with van der Waals surface area (Å²) in [6.07, 6.45) is 5.21. The Morgan fingerprint density at radius 2 is 2.12 bits per heavy atom. The average Bonchev–Trinajstić information content (AvgIpc) is 2.51. The summed E-state index contributed by atoms with van der Waals surface area (Å²) in [5.41, 5.74) is 1.54. The predicted molar refractivity (Wildman–Crippen MR) is 63.8 cm³/mol. The van der Waals surface area contributed by atoms with Gasteiger partial charge in [-0.15, -0.1) is 0 Å². The number of nitrogens with one attached hydrogen (secondary N) is 1. The highest BCUT2D eigenvalue weighted by molar-refractivity contribution is 6.06. The number of carbonyl (C=O) groups excluding carboxylic acids is 1. The second-order valence-electron chi connectivity index (χ2n) is 5.12. The molecule has 2 aliphatic rings. The first kappa shape index (κ1) is 10.7. The van der Waals surface area contributed by atoms with Crippen LogP contribution >= 0.6 is 0 Å². The van der Waals surface area contributed by atoms with E-state index in [1.165, 1.54) is 0 Å². The molecule has 1 aromatic heterocycles. The molecule has 0 radical (unpaired) electrons. The van der Waals surface area contributed by atoms with Gasteiger partial charge in [0.25, 0.3) is 0 Å². The molecule has 1 saturated heterocycles. The second-order valence-corrected chi connectivity index (χ2v) is 5.12. The van der Waals surface area contributed by atoms with Crippen LogP contribution in [0.15, 0.2) is 18.5 Å². The van der Waals surface area contributed by atoms with Gasteiger partial charge in [0.1, 0.15) is 0 Å². The fourth-order valence-corrected chi connectivity index (χ4v) is 3.24. The van der Waals surface area contributed by atoms with Crippen LogP contribution in [0.4, 0.5) is 5.69 Å². The minimum absolute atomic E-state index is 0.0995. The van der Waals surface area contributed by atoms with Crippen LogP contribution in [0.3, 0.4) is 0 Å². The number of hydrogen-bond donors (Lipinski definition) is 1. The molecule has 0 aliphatic carbocycles. The lowest BCUT2D eigenvalue weighted by Crippen LogP contribution is -2.45. The smallest absolute Gasteiger partial charge is 0.235 e. The minimum Gasteiger partial charge on any atom is -0.375 e. The molecule has 90 valence electrons. The van der Waals surface area contributed by atoms with Crippen LogP contribution in [0.25, 0.3) is 0 Å². The van der Waals surface area contributed by atoms with Crippen molar-refractivity contribution in [1.29, 1.82) is 0 Å². The summed E-state index contributed by atoms with van der Waals surface area (Å²) in [4.78, 5) is 16.4. The summed E-state index contributed by atoms with van der Waals surface area (Å²) in [6, 6.07) is 1.96. The highest BCUT2D eigenvalue weighted by Gasteiger charge is 2.50. The summed E-state index contributed by atoms with van der Waals surface area (Å²) in [5.74, 6) is 0.0995. The van der Waals surface area contributed by atoms with Crippen LogP contribution in [0.1, 0.15) is 32.3 Å². The van der Waals surface area contributed by atoms with Crippen molar-refractivity contribution < 1.29 is 9.53 Å². The first-order valence-electron chi connectivity index (χ1n) is 6.03. The van der Waals surface area contributed by atoms with Crippen LogP contribution in [0.2, 0.25) is 0 Å². The van der Waals surface area contributed by atoms with Gasteiger partial charge in [0.05, 0.1) is 29.5 Å². The predicted octanol–water partition coefficient (Wildman–Crippen LogP) is 1.86. The Kier molecular flexibility index (Phi) is 2.23. The molecular weight excluding hydrogens is 216 g/mol. The lowest BCUT2D eigenvalue weighted by Gasteiger charge is -2.38. The maximum atomic E-state index is 12.3. The van der Waals surface area contributed by atoms with Crippen molar-refractivity contribution in [3.05, 3.63) is 24.0 Å². The van der Waals surface area contributed by atoms with E-state index in [9.17, 15) is 4.79 Å². The van der Waals surface area contributed by atoms with E-state index in [0.717, 1.165) is 24.1 Å². The van der Waals surface area contributed by atoms with Crippen molar-refractivity contribution in [3.63, 3.8) is 0 Å². The number of ether oxygens (including phenoxy) is 1. The largest absolute Gasteiger partial charge is 0.375 e. The molecule has 1 aromatic rings. The molecule has 1 fully saturated rings. The maximum absolute atomic E-state index is 12.3. The number of anilines is 1. The quantitative estimate of drug-likeness (QED) is 0.742. The number of rotatable bonds is 0.